The molecule has 3 heterocycles. The molecule has 5 rings (SSSR count). The van der Waals surface area contributed by atoms with Crippen molar-refractivity contribution >= 4 is 16.8 Å². The number of nitrogens with zero attached hydrogens (tertiary/aromatic N) is 3. The van der Waals surface area contributed by atoms with E-state index >= 15 is 0 Å². The number of morpholine rings is 1. The number of nitrogens with one attached hydrogen (secondary N) is 1. The van der Waals surface area contributed by atoms with Gasteiger partial charge in [0.2, 0.25) is 0 Å². The third kappa shape index (κ3) is 5.39. The summed E-state index contributed by atoms with van der Waals surface area (Å²) >= 11 is 0. The van der Waals surface area contributed by atoms with E-state index in [1.807, 2.05) is 48.5 Å². The number of para-hydroxylation sites is 1. The molecule has 1 aliphatic rings. The number of benzene rings is 2. The van der Waals surface area contributed by atoms with Crippen LogP contribution in [0.5, 0.6) is 0 Å². The van der Waals surface area contributed by atoms with Gasteiger partial charge in [-0.3, -0.25) is 14.7 Å². The van der Waals surface area contributed by atoms with Gasteiger partial charge in [0.25, 0.3) is 5.91 Å². The molecule has 35 heavy (non-hydrogen) atoms. The van der Waals surface area contributed by atoms with Crippen molar-refractivity contribution in [2.24, 2.45) is 0 Å². The predicted molar refractivity (Wildman–Crippen MR) is 138 cm³/mol. The Kier molecular flexibility index (Phi) is 6.84. The summed E-state index contributed by atoms with van der Waals surface area (Å²) in [5, 5.41) is 3.99. The Hall–Kier alpha value is -3.61. The van der Waals surface area contributed by atoms with Crippen LogP contribution in [0.3, 0.4) is 0 Å². The Morgan fingerprint density at radius 3 is 2.51 bits per heavy atom. The fraction of sp³-hybridized carbons (Fsp3) is 0.276. The molecule has 6 heteroatoms. The molecule has 0 spiro atoms. The Balaban J connectivity index is 1.37. The van der Waals surface area contributed by atoms with Crippen molar-refractivity contribution in [3.05, 3.63) is 95.8 Å². The third-order valence-electron chi connectivity index (χ3n) is 6.37. The number of carbonyl (C=O) groups is 1. The number of carbonyl (C=O) groups excluding carboxylic acids is 1. The lowest BCUT2D eigenvalue weighted by molar-refractivity contribution is -0.0705. The van der Waals surface area contributed by atoms with E-state index in [9.17, 15) is 4.79 Å². The van der Waals surface area contributed by atoms with Gasteiger partial charge in [0.15, 0.2) is 0 Å². The van der Waals surface area contributed by atoms with Crippen molar-refractivity contribution < 1.29 is 9.53 Å². The van der Waals surface area contributed by atoms with Crippen LogP contribution in [0.1, 0.15) is 35.3 Å². The molecule has 1 saturated heterocycles. The van der Waals surface area contributed by atoms with Crippen LogP contribution < -0.4 is 5.32 Å². The Labute approximate surface area is 206 Å². The summed E-state index contributed by atoms with van der Waals surface area (Å²) in [6.45, 7) is 7.36. The number of rotatable bonds is 6. The van der Waals surface area contributed by atoms with Crippen LogP contribution in [-0.2, 0) is 17.8 Å². The monoisotopic (exact) mass is 466 g/mol. The third-order valence-corrected chi connectivity index (χ3v) is 6.37. The zero-order valence-corrected chi connectivity index (χ0v) is 20.1. The van der Waals surface area contributed by atoms with Gasteiger partial charge in [-0.2, -0.15) is 0 Å². The summed E-state index contributed by atoms with van der Waals surface area (Å²) in [5.74, 6) is -0.114. The number of hydrogen-bond donors (Lipinski definition) is 1. The minimum absolute atomic E-state index is 0.114. The van der Waals surface area contributed by atoms with E-state index < -0.39 is 0 Å². The molecule has 0 radical (unpaired) electrons. The molecule has 1 fully saturated rings. The van der Waals surface area contributed by atoms with E-state index in [4.69, 9.17) is 9.72 Å². The van der Waals surface area contributed by atoms with Crippen LogP contribution in [0.25, 0.3) is 22.2 Å². The maximum absolute atomic E-state index is 13.4. The second kappa shape index (κ2) is 10.3. The van der Waals surface area contributed by atoms with Gasteiger partial charge >= 0.3 is 0 Å². The van der Waals surface area contributed by atoms with E-state index in [0.717, 1.165) is 47.4 Å². The van der Waals surface area contributed by atoms with Gasteiger partial charge in [0.05, 0.1) is 29.0 Å². The van der Waals surface area contributed by atoms with Gasteiger partial charge in [-0.15, -0.1) is 0 Å². The minimum Gasteiger partial charge on any atom is -0.373 e. The first-order valence-corrected chi connectivity index (χ1v) is 12.1. The van der Waals surface area contributed by atoms with E-state index in [-0.39, 0.29) is 18.1 Å². The number of aromatic nitrogens is 2. The van der Waals surface area contributed by atoms with Gasteiger partial charge in [0, 0.05) is 49.5 Å². The Morgan fingerprint density at radius 1 is 1.00 bits per heavy atom. The number of hydrogen-bond acceptors (Lipinski definition) is 5. The molecule has 0 saturated carbocycles. The summed E-state index contributed by atoms with van der Waals surface area (Å²) in [6, 6.07) is 21.8. The molecule has 1 amide bonds. The average Bonchev–Trinajstić information content (AvgIpc) is 2.87. The first kappa shape index (κ1) is 23.1. The number of fused-ring (bicyclic) bond motifs is 1. The van der Waals surface area contributed by atoms with Crippen LogP contribution in [-0.4, -0.2) is 46.1 Å². The van der Waals surface area contributed by atoms with E-state index in [1.54, 1.807) is 12.4 Å². The SMILES string of the molecule is CC1CN(Cc2ccccc2CNC(=O)c2cc(-c3cccnc3)nc3ccccc23)CC(C)O1. The Bertz CT molecular complexity index is 1310. The summed E-state index contributed by atoms with van der Waals surface area (Å²) in [6.07, 6.45) is 3.94. The highest BCUT2D eigenvalue weighted by Crippen LogP contribution is 2.25. The average molecular weight is 467 g/mol. The van der Waals surface area contributed by atoms with Crippen LogP contribution in [0.15, 0.2) is 79.1 Å². The maximum atomic E-state index is 13.4. The highest BCUT2D eigenvalue weighted by atomic mass is 16.5. The second-order valence-corrected chi connectivity index (χ2v) is 9.22. The summed E-state index contributed by atoms with van der Waals surface area (Å²) in [7, 11) is 0. The normalized spacial score (nSPS) is 18.5. The molecule has 6 nitrogen and oxygen atoms in total. The maximum Gasteiger partial charge on any atom is 0.252 e. The highest BCUT2D eigenvalue weighted by Gasteiger charge is 2.23. The first-order valence-electron chi connectivity index (χ1n) is 12.1. The molecule has 0 aliphatic carbocycles. The molecule has 4 aromatic rings. The topological polar surface area (TPSA) is 67.4 Å². The molecule has 2 aromatic heterocycles. The second-order valence-electron chi connectivity index (χ2n) is 9.22. The molecule has 2 unspecified atom stereocenters. The van der Waals surface area contributed by atoms with E-state index in [1.165, 1.54) is 5.56 Å². The number of pyridine rings is 2. The fourth-order valence-electron chi connectivity index (χ4n) is 4.83. The summed E-state index contributed by atoms with van der Waals surface area (Å²) in [4.78, 5) is 24.8. The molecular formula is C29H30N4O2. The van der Waals surface area contributed by atoms with Gasteiger partial charge in [0.1, 0.15) is 0 Å². The van der Waals surface area contributed by atoms with E-state index in [0.29, 0.717) is 12.1 Å². The first-order chi connectivity index (χ1) is 17.1. The minimum atomic E-state index is -0.114. The molecule has 2 atom stereocenters. The lowest BCUT2D eigenvalue weighted by Crippen LogP contribution is -2.45. The van der Waals surface area contributed by atoms with Crippen LogP contribution in [0, 0.1) is 0 Å². The molecule has 1 aliphatic heterocycles. The zero-order valence-electron chi connectivity index (χ0n) is 20.1. The summed E-state index contributed by atoms with van der Waals surface area (Å²) in [5.41, 5.74) is 5.37. The van der Waals surface area contributed by atoms with Crippen molar-refractivity contribution in [3.63, 3.8) is 0 Å². The number of amides is 1. The predicted octanol–water partition coefficient (Wildman–Crippen LogP) is 4.84. The van der Waals surface area contributed by atoms with Crippen LogP contribution in [0.2, 0.25) is 0 Å². The molecule has 1 N–H and O–H groups in total. The lowest BCUT2D eigenvalue weighted by atomic mass is 10.0. The fourth-order valence-corrected chi connectivity index (χ4v) is 4.83. The van der Waals surface area contributed by atoms with Crippen LogP contribution in [0.4, 0.5) is 0 Å². The largest absolute Gasteiger partial charge is 0.373 e. The van der Waals surface area contributed by atoms with Crippen molar-refractivity contribution in [1.82, 2.24) is 20.2 Å². The van der Waals surface area contributed by atoms with Gasteiger partial charge < -0.3 is 10.1 Å². The van der Waals surface area contributed by atoms with Gasteiger partial charge in [-0.25, -0.2) is 4.98 Å². The molecule has 178 valence electrons. The van der Waals surface area contributed by atoms with Crippen molar-refractivity contribution in [2.75, 3.05) is 13.1 Å². The molecule has 0 bridgehead atoms. The zero-order chi connectivity index (χ0) is 24.2. The van der Waals surface area contributed by atoms with Crippen molar-refractivity contribution in [3.8, 4) is 11.3 Å². The van der Waals surface area contributed by atoms with Gasteiger partial charge in [-0.1, -0.05) is 42.5 Å². The number of ether oxygens (including phenoxy) is 1. The smallest absolute Gasteiger partial charge is 0.252 e. The lowest BCUT2D eigenvalue weighted by Gasteiger charge is -2.35. The van der Waals surface area contributed by atoms with E-state index in [2.05, 4.69) is 47.2 Å². The Morgan fingerprint density at radius 2 is 1.74 bits per heavy atom. The summed E-state index contributed by atoms with van der Waals surface area (Å²) < 4.78 is 5.88. The molecule has 2 aromatic carbocycles. The standard InChI is InChI=1S/C29H30N4O2/c1-20-17-33(18-21(2)35-20)19-24-9-4-3-8-22(24)16-31-29(34)26-14-28(23-10-7-13-30-15-23)32-27-12-6-5-11-25(26)27/h3-15,20-21H,16-19H2,1-2H3,(H,31,34). The molecular weight excluding hydrogens is 436 g/mol. The van der Waals surface area contributed by atoms with Gasteiger partial charge in [-0.05, 0) is 49.2 Å². The van der Waals surface area contributed by atoms with Crippen LogP contribution >= 0.6 is 0 Å². The van der Waals surface area contributed by atoms with Crippen molar-refractivity contribution in [1.29, 1.82) is 0 Å². The highest BCUT2D eigenvalue weighted by molar-refractivity contribution is 6.07. The quantitative estimate of drug-likeness (QED) is 0.441. The van der Waals surface area contributed by atoms with Crippen molar-refractivity contribution in [2.45, 2.75) is 39.1 Å².